The van der Waals surface area contributed by atoms with Gasteiger partial charge >= 0.3 is 0 Å². The molecule has 24 heavy (non-hydrogen) atoms. The van der Waals surface area contributed by atoms with E-state index in [9.17, 15) is 9.59 Å². The Morgan fingerprint density at radius 3 is 2.33 bits per heavy atom. The Labute approximate surface area is 146 Å². The van der Waals surface area contributed by atoms with Crippen molar-refractivity contribution in [3.63, 3.8) is 0 Å². The smallest absolute Gasteiger partial charge is 0.265 e. The number of aryl methyl sites for hydroxylation is 1. The maximum Gasteiger partial charge on any atom is 0.265 e. The molecule has 6 heteroatoms. The van der Waals surface area contributed by atoms with Gasteiger partial charge in [0.15, 0.2) is 6.10 Å². The van der Waals surface area contributed by atoms with Crippen molar-refractivity contribution in [2.75, 3.05) is 10.6 Å². The van der Waals surface area contributed by atoms with Crippen molar-refractivity contribution < 1.29 is 14.3 Å². The molecule has 0 aliphatic heterocycles. The number of hydrogen-bond donors (Lipinski definition) is 2. The molecule has 2 aromatic carbocycles. The van der Waals surface area contributed by atoms with Crippen LogP contribution in [0.3, 0.4) is 0 Å². The molecular formula is C18H19ClN2O3. The quantitative estimate of drug-likeness (QED) is 0.859. The second-order valence-electron chi connectivity index (χ2n) is 5.44. The SMILES string of the molecule is CC(=O)Nc1ccc(NC(=O)[C@H](C)Oc2ccc(C)cc2)c(Cl)c1. The molecule has 0 aliphatic carbocycles. The fraction of sp³-hybridized carbons (Fsp3) is 0.222. The molecule has 0 unspecified atom stereocenters. The highest BCUT2D eigenvalue weighted by Crippen LogP contribution is 2.26. The molecule has 5 nitrogen and oxygen atoms in total. The van der Waals surface area contributed by atoms with Crippen LogP contribution in [0.5, 0.6) is 5.75 Å². The van der Waals surface area contributed by atoms with Gasteiger partial charge in [0.1, 0.15) is 5.75 Å². The molecule has 2 aromatic rings. The van der Waals surface area contributed by atoms with Gasteiger partial charge in [-0.05, 0) is 44.2 Å². The molecule has 2 N–H and O–H groups in total. The first-order valence-electron chi connectivity index (χ1n) is 7.46. The number of carbonyl (C=O) groups excluding carboxylic acids is 2. The minimum Gasteiger partial charge on any atom is -0.481 e. The molecule has 0 radical (unpaired) electrons. The van der Waals surface area contributed by atoms with Crippen molar-refractivity contribution in [1.82, 2.24) is 0 Å². The van der Waals surface area contributed by atoms with Gasteiger partial charge in [0, 0.05) is 12.6 Å². The van der Waals surface area contributed by atoms with Gasteiger partial charge < -0.3 is 15.4 Å². The van der Waals surface area contributed by atoms with Crippen molar-refractivity contribution in [3.8, 4) is 5.75 Å². The van der Waals surface area contributed by atoms with E-state index in [2.05, 4.69) is 10.6 Å². The molecule has 0 saturated heterocycles. The lowest BCUT2D eigenvalue weighted by molar-refractivity contribution is -0.122. The van der Waals surface area contributed by atoms with Gasteiger partial charge in [0.2, 0.25) is 5.91 Å². The molecule has 0 aliphatic rings. The van der Waals surface area contributed by atoms with E-state index in [1.54, 1.807) is 25.1 Å². The van der Waals surface area contributed by atoms with E-state index in [4.69, 9.17) is 16.3 Å². The molecule has 0 heterocycles. The van der Waals surface area contributed by atoms with Crippen LogP contribution >= 0.6 is 11.6 Å². The number of anilines is 2. The molecule has 0 saturated carbocycles. The molecule has 2 amide bonds. The summed E-state index contributed by atoms with van der Waals surface area (Å²) in [6.07, 6.45) is -0.682. The summed E-state index contributed by atoms with van der Waals surface area (Å²) in [5, 5.41) is 5.67. The lowest BCUT2D eigenvalue weighted by atomic mass is 10.2. The van der Waals surface area contributed by atoms with Crippen molar-refractivity contribution in [2.45, 2.75) is 26.9 Å². The van der Waals surface area contributed by atoms with Crippen molar-refractivity contribution in [2.24, 2.45) is 0 Å². The van der Waals surface area contributed by atoms with Gasteiger partial charge in [-0.3, -0.25) is 9.59 Å². The average molecular weight is 347 g/mol. The summed E-state index contributed by atoms with van der Waals surface area (Å²) in [5.74, 6) is 0.114. The Balaban J connectivity index is 2.00. The summed E-state index contributed by atoms with van der Waals surface area (Å²) in [5.41, 5.74) is 2.13. The average Bonchev–Trinajstić information content (AvgIpc) is 2.51. The molecule has 0 aromatic heterocycles. The normalized spacial score (nSPS) is 11.5. The van der Waals surface area contributed by atoms with E-state index in [1.165, 1.54) is 6.92 Å². The molecule has 0 spiro atoms. The monoisotopic (exact) mass is 346 g/mol. The van der Waals surface area contributed by atoms with Gasteiger partial charge in [-0.25, -0.2) is 0 Å². The number of carbonyl (C=O) groups is 2. The topological polar surface area (TPSA) is 67.4 Å². The summed E-state index contributed by atoms with van der Waals surface area (Å²) >= 11 is 6.13. The standard InChI is InChI=1S/C18H19ClN2O3/c1-11-4-7-15(8-5-11)24-12(2)18(23)21-17-9-6-14(10-16(17)19)20-13(3)22/h4-10,12H,1-3H3,(H,20,22)(H,21,23)/t12-/m0/s1. The van der Waals surface area contributed by atoms with Gasteiger partial charge in [-0.2, -0.15) is 0 Å². The maximum atomic E-state index is 12.2. The first-order chi connectivity index (χ1) is 11.3. The summed E-state index contributed by atoms with van der Waals surface area (Å²) in [7, 11) is 0. The zero-order valence-electron chi connectivity index (χ0n) is 13.7. The van der Waals surface area contributed by atoms with Crippen LogP contribution in [0.25, 0.3) is 0 Å². The number of amides is 2. The van der Waals surface area contributed by atoms with Crippen LogP contribution in [0.1, 0.15) is 19.4 Å². The maximum absolute atomic E-state index is 12.2. The first-order valence-corrected chi connectivity index (χ1v) is 7.84. The Kier molecular flexibility index (Phi) is 5.82. The Morgan fingerprint density at radius 1 is 1.08 bits per heavy atom. The van der Waals surface area contributed by atoms with Gasteiger partial charge in [-0.15, -0.1) is 0 Å². The van der Waals surface area contributed by atoms with Gasteiger partial charge in [0.05, 0.1) is 10.7 Å². The van der Waals surface area contributed by atoms with Crippen molar-refractivity contribution >= 4 is 34.8 Å². The third-order valence-electron chi connectivity index (χ3n) is 3.25. The minimum absolute atomic E-state index is 0.192. The molecule has 1 atom stereocenters. The third-order valence-corrected chi connectivity index (χ3v) is 3.56. The zero-order valence-corrected chi connectivity index (χ0v) is 14.5. The third kappa shape index (κ3) is 4.99. The lowest BCUT2D eigenvalue weighted by Gasteiger charge is -2.16. The van der Waals surface area contributed by atoms with Crippen LogP contribution in [0.4, 0.5) is 11.4 Å². The highest BCUT2D eigenvalue weighted by Gasteiger charge is 2.16. The van der Waals surface area contributed by atoms with Crippen LogP contribution < -0.4 is 15.4 Å². The number of benzene rings is 2. The molecular weight excluding hydrogens is 328 g/mol. The van der Waals surface area contributed by atoms with E-state index in [1.807, 2.05) is 31.2 Å². The van der Waals surface area contributed by atoms with E-state index in [0.717, 1.165) is 5.56 Å². The molecule has 126 valence electrons. The van der Waals surface area contributed by atoms with Crippen molar-refractivity contribution in [3.05, 3.63) is 53.1 Å². The summed E-state index contributed by atoms with van der Waals surface area (Å²) in [6.45, 7) is 5.05. The Hall–Kier alpha value is -2.53. The predicted molar refractivity (Wildman–Crippen MR) is 95.7 cm³/mol. The Bertz CT molecular complexity index is 744. The van der Waals surface area contributed by atoms with E-state index in [0.29, 0.717) is 22.1 Å². The largest absolute Gasteiger partial charge is 0.481 e. The fourth-order valence-electron chi connectivity index (χ4n) is 2.01. The number of hydrogen-bond acceptors (Lipinski definition) is 3. The highest BCUT2D eigenvalue weighted by molar-refractivity contribution is 6.34. The van der Waals surface area contributed by atoms with Crippen LogP contribution in [0, 0.1) is 6.92 Å². The summed E-state index contributed by atoms with van der Waals surface area (Å²) in [6, 6.07) is 12.3. The predicted octanol–water partition coefficient (Wildman–Crippen LogP) is 4.01. The number of ether oxygens (including phenoxy) is 1. The lowest BCUT2D eigenvalue weighted by Crippen LogP contribution is -2.30. The van der Waals surface area contributed by atoms with E-state index in [-0.39, 0.29) is 11.8 Å². The van der Waals surface area contributed by atoms with Crippen LogP contribution in [-0.4, -0.2) is 17.9 Å². The van der Waals surface area contributed by atoms with Gasteiger partial charge in [-0.1, -0.05) is 29.3 Å². The van der Waals surface area contributed by atoms with Crippen molar-refractivity contribution in [1.29, 1.82) is 0 Å². The minimum atomic E-state index is -0.682. The summed E-state index contributed by atoms with van der Waals surface area (Å²) in [4.78, 5) is 23.3. The fourth-order valence-corrected chi connectivity index (χ4v) is 2.23. The van der Waals surface area contributed by atoms with Crippen LogP contribution in [0.15, 0.2) is 42.5 Å². The second kappa shape index (κ2) is 7.84. The molecule has 2 rings (SSSR count). The molecule has 0 bridgehead atoms. The zero-order chi connectivity index (χ0) is 17.7. The second-order valence-corrected chi connectivity index (χ2v) is 5.85. The van der Waals surface area contributed by atoms with Gasteiger partial charge in [0.25, 0.3) is 5.91 Å². The first kappa shape index (κ1) is 17.8. The van der Waals surface area contributed by atoms with E-state index >= 15 is 0 Å². The van der Waals surface area contributed by atoms with E-state index < -0.39 is 6.10 Å². The van der Waals surface area contributed by atoms with Crippen LogP contribution in [0.2, 0.25) is 5.02 Å². The Morgan fingerprint density at radius 2 is 1.75 bits per heavy atom. The highest BCUT2D eigenvalue weighted by atomic mass is 35.5. The number of rotatable bonds is 5. The number of halogens is 1. The molecule has 0 fully saturated rings. The number of nitrogens with one attached hydrogen (secondary N) is 2. The van der Waals surface area contributed by atoms with Crippen LogP contribution in [-0.2, 0) is 9.59 Å². The summed E-state index contributed by atoms with van der Waals surface area (Å²) < 4.78 is 5.61.